The number of aryl methyl sites for hydroxylation is 1. The van der Waals surface area contributed by atoms with Crippen LogP contribution in [0, 0.1) is 11.3 Å². The van der Waals surface area contributed by atoms with Gasteiger partial charge in [-0.05, 0) is 91.3 Å². The number of fused-ring (bicyclic) bond motifs is 4. The molecule has 4 aliphatic rings. The highest BCUT2D eigenvalue weighted by Gasteiger charge is 2.49. The summed E-state index contributed by atoms with van der Waals surface area (Å²) in [5.74, 6) is 2.27. The summed E-state index contributed by atoms with van der Waals surface area (Å²) in [4.78, 5) is 16.5. The van der Waals surface area contributed by atoms with Crippen molar-refractivity contribution in [3.8, 4) is 17.6 Å². The van der Waals surface area contributed by atoms with E-state index in [1.165, 1.54) is 17.7 Å². The Morgan fingerprint density at radius 3 is 2.71 bits per heavy atom. The van der Waals surface area contributed by atoms with Gasteiger partial charge in [-0.1, -0.05) is 5.16 Å². The summed E-state index contributed by atoms with van der Waals surface area (Å²) in [7, 11) is 2.22. The zero-order valence-electron chi connectivity index (χ0n) is 26.6. The number of aromatic nitrogens is 5. The number of nitriles is 1. The van der Waals surface area contributed by atoms with Crippen LogP contribution in [0.2, 0.25) is 0 Å². The van der Waals surface area contributed by atoms with E-state index in [-0.39, 0.29) is 6.04 Å². The maximum atomic E-state index is 10.8. The molecule has 6 heterocycles. The molecule has 45 heavy (non-hydrogen) atoms. The molecule has 0 saturated carbocycles. The highest BCUT2D eigenvalue weighted by Crippen LogP contribution is 2.55. The summed E-state index contributed by atoms with van der Waals surface area (Å²) in [5.41, 5.74) is 10.1. The quantitative estimate of drug-likeness (QED) is 0.323. The number of rotatable bonds is 5. The van der Waals surface area contributed by atoms with Crippen molar-refractivity contribution in [1.82, 2.24) is 29.8 Å². The molecular weight excluding hydrogens is 586 g/mol. The highest BCUT2D eigenvalue weighted by molar-refractivity contribution is 7.16. The zero-order valence-corrected chi connectivity index (χ0v) is 27.4. The number of nitrogens with two attached hydrogens (primary N) is 1. The van der Waals surface area contributed by atoms with E-state index in [0.29, 0.717) is 34.7 Å². The van der Waals surface area contributed by atoms with Gasteiger partial charge in [0.25, 0.3) is 0 Å². The average molecular weight is 628 g/mol. The molecule has 0 bridgehead atoms. The molecule has 1 spiro atoms. The molecule has 0 aromatic carbocycles. The molecule has 2 aliphatic carbocycles. The number of aliphatic hydroxyl groups is 1. The van der Waals surface area contributed by atoms with E-state index < -0.39 is 11.0 Å². The maximum Gasteiger partial charge on any atom is 0.186 e. The van der Waals surface area contributed by atoms with E-state index in [1.54, 1.807) is 25.2 Å². The molecule has 0 amide bonds. The third-order valence-corrected chi connectivity index (χ3v) is 11.8. The van der Waals surface area contributed by atoms with E-state index >= 15 is 0 Å². The van der Waals surface area contributed by atoms with E-state index in [2.05, 4.69) is 29.8 Å². The summed E-state index contributed by atoms with van der Waals surface area (Å²) in [5, 5.41) is 32.2. The molecular formula is C33H41N9O2S. The Balaban J connectivity index is 1.30. The van der Waals surface area contributed by atoms with Gasteiger partial charge in [0.2, 0.25) is 0 Å². The smallest absolute Gasteiger partial charge is 0.186 e. The van der Waals surface area contributed by atoms with Crippen molar-refractivity contribution in [2.75, 3.05) is 30.8 Å². The summed E-state index contributed by atoms with van der Waals surface area (Å²) in [6.45, 7) is 8.16. The standard InChI is InChI=1S/C33H41N9O2S/c1-18(22-9-7-14-40(22)4)41-15-11-21-24-30(41)36-29(37-31(24)42(38-21)17-32(2,3)43)26-19-8-5-12-33(27(19)44-39-26)13-6-10-23-25(33)20(16-34)28(35)45-23/h18,22,43H,5-15,17,35H2,1-4H3/t18-,22-,33-/m0/s1. The summed E-state index contributed by atoms with van der Waals surface area (Å²) < 4.78 is 8.18. The molecule has 12 heteroatoms. The Morgan fingerprint density at radius 2 is 1.98 bits per heavy atom. The fourth-order valence-electron chi connectivity index (χ4n) is 8.79. The Kier molecular flexibility index (Phi) is 6.58. The fraction of sp³-hybridized carbons (Fsp3) is 0.606. The van der Waals surface area contributed by atoms with Crippen molar-refractivity contribution in [1.29, 1.82) is 5.26 Å². The first kappa shape index (κ1) is 28.9. The number of likely N-dealkylation sites (tertiary alicyclic amines) is 1. The second-order valence-corrected chi connectivity index (χ2v) is 15.4. The first-order chi connectivity index (χ1) is 21.6. The van der Waals surface area contributed by atoms with E-state index in [4.69, 9.17) is 30.5 Å². The largest absolute Gasteiger partial charge is 0.389 e. The molecule has 3 atom stereocenters. The third-order valence-electron chi connectivity index (χ3n) is 10.7. The van der Waals surface area contributed by atoms with Crippen molar-refractivity contribution in [2.45, 2.75) is 108 Å². The number of hydrogen-bond acceptors (Lipinski definition) is 11. The van der Waals surface area contributed by atoms with Crippen LogP contribution in [0.3, 0.4) is 0 Å². The van der Waals surface area contributed by atoms with Crippen LogP contribution in [-0.2, 0) is 31.2 Å². The van der Waals surface area contributed by atoms with Crippen LogP contribution < -0.4 is 10.6 Å². The Morgan fingerprint density at radius 1 is 1.18 bits per heavy atom. The van der Waals surface area contributed by atoms with Gasteiger partial charge in [-0.15, -0.1) is 11.3 Å². The molecule has 4 aromatic heterocycles. The summed E-state index contributed by atoms with van der Waals surface area (Å²) >= 11 is 1.55. The minimum Gasteiger partial charge on any atom is -0.389 e. The third kappa shape index (κ3) is 4.34. The van der Waals surface area contributed by atoms with Crippen molar-refractivity contribution in [2.24, 2.45) is 0 Å². The Hall–Kier alpha value is -3.53. The normalized spacial score (nSPS) is 23.8. The van der Waals surface area contributed by atoms with E-state index in [1.807, 2.05) is 4.68 Å². The molecule has 4 aromatic rings. The van der Waals surface area contributed by atoms with Crippen LogP contribution in [0.1, 0.15) is 92.3 Å². The van der Waals surface area contributed by atoms with E-state index in [0.717, 1.165) is 97.5 Å². The molecule has 3 N–H and O–H groups in total. The minimum atomic E-state index is -0.964. The van der Waals surface area contributed by atoms with Gasteiger partial charge in [0.15, 0.2) is 22.9 Å². The van der Waals surface area contributed by atoms with E-state index in [9.17, 15) is 10.4 Å². The number of hydrogen-bond donors (Lipinski definition) is 2. The number of nitrogens with zero attached hydrogens (tertiary/aromatic N) is 8. The van der Waals surface area contributed by atoms with Crippen LogP contribution in [0.15, 0.2) is 4.52 Å². The summed E-state index contributed by atoms with van der Waals surface area (Å²) in [6.07, 6.45) is 8.69. The van der Waals surface area contributed by atoms with Crippen LogP contribution >= 0.6 is 11.3 Å². The number of anilines is 2. The van der Waals surface area contributed by atoms with Crippen molar-refractivity contribution >= 4 is 33.2 Å². The first-order valence-corrected chi connectivity index (χ1v) is 17.2. The van der Waals surface area contributed by atoms with Crippen LogP contribution in [-0.4, -0.2) is 72.7 Å². The number of thiophene rings is 1. The molecule has 236 valence electrons. The predicted molar refractivity (Wildman–Crippen MR) is 173 cm³/mol. The molecule has 8 rings (SSSR count). The van der Waals surface area contributed by atoms with Gasteiger partial charge in [-0.25, -0.2) is 14.6 Å². The predicted octanol–water partition coefficient (Wildman–Crippen LogP) is 4.57. The lowest BCUT2D eigenvalue weighted by Gasteiger charge is -2.39. The fourth-order valence-corrected chi connectivity index (χ4v) is 9.95. The number of nitrogen functional groups attached to an aromatic ring is 1. The molecule has 1 fully saturated rings. The zero-order chi connectivity index (χ0) is 31.2. The topological polar surface area (TPSA) is 146 Å². The van der Waals surface area contributed by atoms with Crippen LogP contribution in [0.4, 0.5) is 10.8 Å². The van der Waals surface area contributed by atoms with Crippen LogP contribution in [0.25, 0.3) is 22.6 Å². The van der Waals surface area contributed by atoms with Gasteiger partial charge < -0.3 is 25.2 Å². The molecule has 0 unspecified atom stereocenters. The van der Waals surface area contributed by atoms with Gasteiger partial charge in [0.1, 0.15) is 16.9 Å². The van der Waals surface area contributed by atoms with Gasteiger partial charge in [0.05, 0.1) is 34.2 Å². The van der Waals surface area contributed by atoms with Crippen molar-refractivity contribution < 1.29 is 9.63 Å². The first-order valence-electron chi connectivity index (χ1n) is 16.4. The van der Waals surface area contributed by atoms with Gasteiger partial charge in [-0.3, -0.25) is 0 Å². The molecule has 2 aliphatic heterocycles. The second-order valence-electron chi connectivity index (χ2n) is 14.2. The Bertz CT molecular complexity index is 1860. The van der Waals surface area contributed by atoms with Gasteiger partial charge >= 0.3 is 0 Å². The van der Waals surface area contributed by atoms with Gasteiger partial charge in [0, 0.05) is 35.5 Å². The lowest BCUT2D eigenvalue weighted by Crippen LogP contribution is -2.48. The average Bonchev–Trinajstić information content (AvgIpc) is 3.78. The lowest BCUT2D eigenvalue weighted by atomic mass is 9.63. The monoisotopic (exact) mass is 627 g/mol. The van der Waals surface area contributed by atoms with Crippen molar-refractivity contribution in [3.63, 3.8) is 0 Å². The second kappa shape index (κ2) is 10.2. The van der Waals surface area contributed by atoms with Crippen molar-refractivity contribution in [3.05, 3.63) is 33.0 Å². The van der Waals surface area contributed by atoms with Gasteiger partial charge in [-0.2, -0.15) is 10.4 Å². The molecule has 11 nitrogen and oxygen atoms in total. The maximum absolute atomic E-state index is 10.8. The Labute approximate surface area is 267 Å². The molecule has 0 radical (unpaired) electrons. The van der Waals surface area contributed by atoms with Crippen LogP contribution in [0.5, 0.6) is 0 Å². The number of likely N-dealkylation sites (N-methyl/N-ethyl adjacent to an activating group) is 1. The highest BCUT2D eigenvalue weighted by atomic mass is 32.1. The minimum absolute atomic E-state index is 0.262. The SMILES string of the molecule is C[C@@H]([C@@H]1CCCN1C)N1CCc2nn(CC(C)(C)O)c3nc(-c4noc5c4CCC[C@@]54CCCc5sc(N)c(C#N)c54)nc1c23. The summed E-state index contributed by atoms with van der Waals surface area (Å²) in [6, 6.07) is 3.12. The lowest BCUT2D eigenvalue weighted by molar-refractivity contribution is 0.0588. The molecule has 1 saturated heterocycles.